The number of nitrogens with zero attached hydrogens (tertiary/aromatic N) is 5. The molecule has 0 unspecified atom stereocenters. The zero-order valence-electron chi connectivity index (χ0n) is 16.2. The van der Waals surface area contributed by atoms with Crippen LogP contribution in [0.1, 0.15) is 30.9 Å². The van der Waals surface area contributed by atoms with E-state index in [1.165, 1.54) is 0 Å². The third-order valence-electron chi connectivity index (χ3n) is 5.01. The number of aliphatic imine (C=N–C) groups is 1. The van der Waals surface area contributed by atoms with Gasteiger partial charge in [-0.3, -0.25) is 10.1 Å². The average molecular weight is 373 g/mol. The summed E-state index contributed by atoms with van der Waals surface area (Å²) in [4.78, 5) is 12.2. The fourth-order valence-corrected chi connectivity index (χ4v) is 3.63. The molecular formula is C18H27N7O2. The Balaban J connectivity index is 1.77. The number of hydrogen-bond donors (Lipinski definition) is 2. The van der Waals surface area contributed by atoms with Gasteiger partial charge in [0.2, 0.25) is 0 Å². The summed E-state index contributed by atoms with van der Waals surface area (Å²) in [6, 6.07) is 0. The number of H-pyrrole nitrogens is 1. The second-order valence-corrected chi connectivity index (χ2v) is 7.24. The quantitative estimate of drug-likeness (QED) is 0.618. The topological polar surface area (TPSA) is 92.6 Å². The molecule has 0 aromatic carbocycles. The maximum Gasteiger partial charge on any atom is 0.154 e. The van der Waals surface area contributed by atoms with Gasteiger partial charge in [0, 0.05) is 38.4 Å². The SMILES string of the molecule is CNc1c(C(=NCc2cn[nH]c2)N2CCOCC2)nc2n1CCOC2(C)C. The summed E-state index contributed by atoms with van der Waals surface area (Å²) in [5.41, 5.74) is 1.49. The van der Waals surface area contributed by atoms with Crippen LogP contribution in [0.25, 0.3) is 0 Å². The molecule has 9 heteroatoms. The number of aromatic nitrogens is 4. The molecule has 0 aliphatic carbocycles. The van der Waals surface area contributed by atoms with Crippen LogP contribution in [-0.4, -0.2) is 70.4 Å². The highest BCUT2D eigenvalue weighted by Crippen LogP contribution is 2.33. The van der Waals surface area contributed by atoms with E-state index in [-0.39, 0.29) is 0 Å². The molecule has 2 N–H and O–H groups in total. The Kier molecular flexibility index (Phi) is 4.88. The van der Waals surface area contributed by atoms with Crippen LogP contribution < -0.4 is 5.32 Å². The van der Waals surface area contributed by atoms with Gasteiger partial charge in [0.15, 0.2) is 5.84 Å². The van der Waals surface area contributed by atoms with Crippen molar-refractivity contribution in [3.8, 4) is 0 Å². The molecule has 0 amide bonds. The summed E-state index contributed by atoms with van der Waals surface area (Å²) in [5, 5.41) is 10.2. The van der Waals surface area contributed by atoms with Gasteiger partial charge in [-0.05, 0) is 13.8 Å². The second-order valence-electron chi connectivity index (χ2n) is 7.24. The third-order valence-corrected chi connectivity index (χ3v) is 5.01. The Bertz CT molecular complexity index is 804. The van der Waals surface area contributed by atoms with Crippen LogP contribution in [0.15, 0.2) is 17.4 Å². The molecule has 27 heavy (non-hydrogen) atoms. The minimum Gasteiger partial charge on any atom is -0.378 e. The number of rotatable bonds is 4. The van der Waals surface area contributed by atoms with Gasteiger partial charge in [0.05, 0.1) is 32.6 Å². The Hall–Kier alpha value is -2.39. The van der Waals surface area contributed by atoms with Crippen LogP contribution >= 0.6 is 0 Å². The molecule has 2 aliphatic rings. The fraction of sp³-hybridized carbons (Fsp3) is 0.611. The van der Waals surface area contributed by atoms with Crippen molar-refractivity contribution in [1.29, 1.82) is 0 Å². The summed E-state index contributed by atoms with van der Waals surface area (Å²) in [5.74, 6) is 2.80. The van der Waals surface area contributed by atoms with Crippen LogP contribution in [0, 0.1) is 0 Å². The van der Waals surface area contributed by atoms with Gasteiger partial charge in [-0.15, -0.1) is 0 Å². The lowest BCUT2D eigenvalue weighted by molar-refractivity contribution is -0.0534. The molecule has 4 rings (SSSR count). The molecule has 1 fully saturated rings. The lowest BCUT2D eigenvalue weighted by Crippen LogP contribution is -2.41. The number of hydrogen-bond acceptors (Lipinski definition) is 6. The first-order valence-electron chi connectivity index (χ1n) is 9.38. The first-order valence-corrected chi connectivity index (χ1v) is 9.38. The molecular weight excluding hydrogens is 346 g/mol. The number of nitrogens with one attached hydrogen (secondary N) is 2. The monoisotopic (exact) mass is 373 g/mol. The number of anilines is 1. The van der Waals surface area contributed by atoms with Gasteiger partial charge in [-0.1, -0.05) is 0 Å². The largest absolute Gasteiger partial charge is 0.378 e. The first kappa shape index (κ1) is 18.0. The predicted octanol–water partition coefficient (Wildman–Crippen LogP) is 1.19. The molecule has 9 nitrogen and oxygen atoms in total. The highest BCUT2D eigenvalue weighted by atomic mass is 16.5. The van der Waals surface area contributed by atoms with Crippen LogP contribution in [0.2, 0.25) is 0 Å². The maximum absolute atomic E-state index is 5.95. The van der Waals surface area contributed by atoms with Crippen LogP contribution in [0.3, 0.4) is 0 Å². The molecule has 4 heterocycles. The van der Waals surface area contributed by atoms with E-state index in [0.717, 1.165) is 48.4 Å². The summed E-state index contributed by atoms with van der Waals surface area (Å²) in [6.07, 6.45) is 3.67. The smallest absolute Gasteiger partial charge is 0.154 e. The first-order chi connectivity index (χ1) is 13.1. The number of ether oxygens (including phenoxy) is 2. The van der Waals surface area contributed by atoms with Crippen LogP contribution in [-0.2, 0) is 28.2 Å². The van der Waals surface area contributed by atoms with Crippen molar-refractivity contribution in [3.05, 3.63) is 29.5 Å². The summed E-state index contributed by atoms with van der Waals surface area (Å²) >= 11 is 0. The van der Waals surface area contributed by atoms with E-state index in [9.17, 15) is 0 Å². The van der Waals surface area contributed by atoms with E-state index in [1.54, 1.807) is 6.20 Å². The second kappa shape index (κ2) is 7.32. The molecule has 2 aliphatic heterocycles. The Morgan fingerprint density at radius 1 is 1.30 bits per heavy atom. The van der Waals surface area contributed by atoms with E-state index in [1.807, 2.05) is 13.2 Å². The molecule has 2 aromatic rings. The van der Waals surface area contributed by atoms with Crippen molar-refractivity contribution in [1.82, 2.24) is 24.6 Å². The van der Waals surface area contributed by atoms with E-state index < -0.39 is 5.60 Å². The molecule has 146 valence electrons. The van der Waals surface area contributed by atoms with Gasteiger partial charge in [0.25, 0.3) is 0 Å². The highest BCUT2D eigenvalue weighted by molar-refractivity contribution is 6.01. The average Bonchev–Trinajstić information content (AvgIpc) is 3.31. The van der Waals surface area contributed by atoms with Gasteiger partial charge in [-0.2, -0.15) is 5.10 Å². The zero-order chi connectivity index (χ0) is 18.9. The predicted molar refractivity (Wildman–Crippen MR) is 102 cm³/mol. The van der Waals surface area contributed by atoms with E-state index in [0.29, 0.717) is 26.4 Å². The van der Waals surface area contributed by atoms with E-state index in [2.05, 4.69) is 38.8 Å². The van der Waals surface area contributed by atoms with Gasteiger partial charge in [0.1, 0.15) is 22.9 Å². The molecule has 0 bridgehead atoms. The zero-order valence-corrected chi connectivity index (χ0v) is 16.2. The highest BCUT2D eigenvalue weighted by Gasteiger charge is 2.35. The van der Waals surface area contributed by atoms with Crippen molar-refractivity contribution >= 4 is 11.7 Å². The number of amidine groups is 1. The van der Waals surface area contributed by atoms with Gasteiger partial charge in [-0.25, -0.2) is 4.98 Å². The summed E-state index contributed by atoms with van der Waals surface area (Å²) in [7, 11) is 1.93. The number of morpholine rings is 1. The van der Waals surface area contributed by atoms with Crippen LogP contribution in [0.5, 0.6) is 0 Å². The lowest BCUT2D eigenvalue weighted by Gasteiger charge is -2.31. The normalized spacial score (nSPS) is 19.8. The Morgan fingerprint density at radius 3 is 2.81 bits per heavy atom. The van der Waals surface area contributed by atoms with E-state index in [4.69, 9.17) is 19.5 Å². The molecule has 2 aromatic heterocycles. The number of aromatic amines is 1. The Labute approximate surface area is 158 Å². The number of fused-ring (bicyclic) bond motifs is 1. The fourth-order valence-electron chi connectivity index (χ4n) is 3.63. The van der Waals surface area contributed by atoms with Crippen molar-refractivity contribution < 1.29 is 9.47 Å². The third kappa shape index (κ3) is 3.44. The van der Waals surface area contributed by atoms with Crippen molar-refractivity contribution in [2.45, 2.75) is 32.5 Å². The molecule has 0 saturated carbocycles. The molecule has 0 atom stereocenters. The van der Waals surface area contributed by atoms with Gasteiger partial charge < -0.3 is 24.3 Å². The Morgan fingerprint density at radius 2 is 2.11 bits per heavy atom. The van der Waals surface area contributed by atoms with Crippen LogP contribution in [0.4, 0.5) is 5.82 Å². The minimum atomic E-state index is -0.428. The summed E-state index contributed by atoms with van der Waals surface area (Å²) < 4.78 is 13.7. The maximum atomic E-state index is 5.95. The van der Waals surface area contributed by atoms with Crippen molar-refractivity contribution in [2.75, 3.05) is 45.3 Å². The van der Waals surface area contributed by atoms with Crippen molar-refractivity contribution in [2.24, 2.45) is 4.99 Å². The number of imidazole rings is 1. The molecule has 1 saturated heterocycles. The van der Waals surface area contributed by atoms with E-state index >= 15 is 0 Å². The summed E-state index contributed by atoms with van der Waals surface area (Å²) in [6.45, 7) is 9.11. The van der Waals surface area contributed by atoms with Gasteiger partial charge >= 0.3 is 0 Å². The minimum absolute atomic E-state index is 0.428. The standard InChI is InChI=1S/C18H27N7O2/c1-18(2)17-23-14(15(19-3)25(17)6-9-27-18)16(24-4-7-26-8-5-24)20-10-13-11-21-22-12-13/h11-12,19H,4-10H2,1-3H3,(H,21,22). The molecule has 0 spiro atoms. The molecule has 0 radical (unpaired) electrons. The lowest BCUT2D eigenvalue weighted by atomic mass is 10.1. The van der Waals surface area contributed by atoms with Crippen molar-refractivity contribution in [3.63, 3.8) is 0 Å².